The highest BCUT2D eigenvalue weighted by molar-refractivity contribution is 5.87. The predicted octanol–water partition coefficient (Wildman–Crippen LogP) is 2.17. The van der Waals surface area contributed by atoms with E-state index in [-0.39, 0.29) is 5.69 Å². The lowest BCUT2D eigenvalue weighted by Gasteiger charge is -1.95. The monoisotopic (exact) mass is 221 g/mol. The van der Waals surface area contributed by atoms with Gasteiger partial charge in [0, 0.05) is 18.2 Å². The van der Waals surface area contributed by atoms with Crippen molar-refractivity contribution < 1.29 is 14.5 Å². The molecule has 5 heteroatoms. The Kier molecular flexibility index (Phi) is 4.20. The second-order valence-electron chi connectivity index (χ2n) is 2.94. The molecule has 0 radical (unpaired) electrons. The highest BCUT2D eigenvalue weighted by Gasteiger charge is 2.03. The average molecular weight is 221 g/mol. The van der Waals surface area contributed by atoms with Gasteiger partial charge in [0.05, 0.1) is 11.5 Å². The summed E-state index contributed by atoms with van der Waals surface area (Å²) < 4.78 is 4.68. The van der Waals surface area contributed by atoms with Crippen molar-refractivity contribution in [3.8, 4) is 0 Å². The highest BCUT2D eigenvalue weighted by atomic mass is 16.6. The van der Waals surface area contributed by atoms with Gasteiger partial charge >= 0.3 is 5.97 Å². The van der Waals surface area contributed by atoms with Crippen LogP contribution in [-0.4, -0.2) is 17.5 Å². The van der Waals surface area contributed by atoms with Crippen molar-refractivity contribution in [2.45, 2.75) is 6.92 Å². The first kappa shape index (κ1) is 11.9. The van der Waals surface area contributed by atoms with Gasteiger partial charge in [0.1, 0.15) is 0 Å². The lowest BCUT2D eigenvalue weighted by Crippen LogP contribution is -1.98. The summed E-state index contributed by atoms with van der Waals surface area (Å²) in [6.07, 6.45) is 2.72. The Bertz CT molecular complexity index is 426. The number of nitro benzene ring substituents is 1. The number of carbonyl (C=O) groups is 1. The summed E-state index contributed by atoms with van der Waals surface area (Å²) >= 11 is 0. The summed E-state index contributed by atoms with van der Waals surface area (Å²) in [5, 5.41) is 10.5. The Morgan fingerprint density at radius 1 is 1.56 bits per heavy atom. The number of hydrogen-bond acceptors (Lipinski definition) is 4. The molecule has 16 heavy (non-hydrogen) atoms. The topological polar surface area (TPSA) is 69.4 Å². The third kappa shape index (κ3) is 3.53. The Balaban J connectivity index is 2.77. The minimum absolute atomic E-state index is 0.00833. The highest BCUT2D eigenvalue weighted by Crippen LogP contribution is 2.13. The molecule has 0 saturated carbocycles. The number of hydrogen-bond donors (Lipinski definition) is 0. The summed E-state index contributed by atoms with van der Waals surface area (Å²) in [4.78, 5) is 21.0. The third-order valence-corrected chi connectivity index (χ3v) is 1.78. The molecule has 0 bridgehead atoms. The Morgan fingerprint density at radius 3 is 2.94 bits per heavy atom. The second-order valence-corrected chi connectivity index (χ2v) is 2.94. The van der Waals surface area contributed by atoms with Gasteiger partial charge in [-0.25, -0.2) is 4.79 Å². The molecule has 1 aromatic carbocycles. The van der Waals surface area contributed by atoms with Crippen LogP contribution in [-0.2, 0) is 9.53 Å². The molecule has 84 valence electrons. The van der Waals surface area contributed by atoms with E-state index >= 15 is 0 Å². The molecule has 0 saturated heterocycles. The molecule has 1 aromatic rings. The zero-order valence-electron chi connectivity index (χ0n) is 8.75. The zero-order valence-corrected chi connectivity index (χ0v) is 8.75. The maximum Gasteiger partial charge on any atom is 0.330 e. The van der Waals surface area contributed by atoms with E-state index in [0.717, 1.165) is 0 Å². The quantitative estimate of drug-likeness (QED) is 0.338. The average Bonchev–Trinajstić information content (AvgIpc) is 2.27. The summed E-state index contributed by atoms with van der Waals surface area (Å²) in [5.74, 6) is -0.464. The first-order chi connectivity index (χ1) is 7.63. The van der Waals surface area contributed by atoms with Gasteiger partial charge in [-0.15, -0.1) is 0 Å². The van der Waals surface area contributed by atoms with Crippen LogP contribution in [0.4, 0.5) is 5.69 Å². The molecule has 0 fully saturated rings. The van der Waals surface area contributed by atoms with E-state index in [1.54, 1.807) is 19.1 Å². The predicted molar refractivity (Wildman–Crippen MR) is 58.8 cm³/mol. The Labute approximate surface area is 92.5 Å². The molecule has 0 aliphatic rings. The third-order valence-electron chi connectivity index (χ3n) is 1.78. The van der Waals surface area contributed by atoms with E-state index in [1.807, 2.05) is 0 Å². The number of non-ortho nitro benzene ring substituents is 1. The van der Waals surface area contributed by atoms with Gasteiger partial charge in [-0.1, -0.05) is 12.1 Å². The molecule has 0 amide bonds. The van der Waals surface area contributed by atoms with Gasteiger partial charge in [0.25, 0.3) is 5.69 Å². The minimum Gasteiger partial charge on any atom is -0.463 e. The van der Waals surface area contributed by atoms with Gasteiger partial charge in [0.15, 0.2) is 0 Å². The van der Waals surface area contributed by atoms with Gasteiger partial charge in [-0.05, 0) is 18.6 Å². The summed E-state index contributed by atoms with van der Waals surface area (Å²) in [7, 11) is 0. The first-order valence-electron chi connectivity index (χ1n) is 4.72. The molecule has 0 aliphatic carbocycles. The molecule has 0 aromatic heterocycles. The van der Waals surface area contributed by atoms with Crippen molar-refractivity contribution in [3.63, 3.8) is 0 Å². The van der Waals surface area contributed by atoms with E-state index in [2.05, 4.69) is 4.74 Å². The smallest absolute Gasteiger partial charge is 0.330 e. The Hall–Kier alpha value is -2.17. The number of esters is 1. The van der Waals surface area contributed by atoms with Crippen molar-refractivity contribution in [3.05, 3.63) is 46.0 Å². The second kappa shape index (κ2) is 5.65. The summed E-state index contributed by atoms with van der Waals surface area (Å²) in [5.41, 5.74) is 0.577. The summed E-state index contributed by atoms with van der Waals surface area (Å²) in [6, 6.07) is 6.00. The van der Waals surface area contributed by atoms with E-state index in [0.29, 0.717) is 12.2 Å². The van der Waals surface area contributed by atoms with Crippen molar-refractivity contribution in [2.24, 2.45) is 0 Å². The minimum atomic E-state index is -0.484. The molecule has 0 N–H and O–H groups in total. The van der Waals surface area contributed by atoms with Crippen LogP contribution in [0.2, 0.25) is 0 Å². The number of ether oxygens (including phenoxy) is 1. The van der Waals surface area contributed by atoms with Crippen LogP contribution in [0.3, 0.4) is 0 Å². The number of benzene rings is 1. The van der Waals surface area contributed by atoms with Crippen LogP contribution in [0, 0.1) is 10.1 Å². The maximum atomic E-state index is 11.0. The van der Waals surface area contributed by atoms with Crippen LogP contribution >= 0.6 is 0 Å². The largest absolute Gasteiger partial charge is 0.463 e. The normalized spacial score (nSPS) is 10.3. The molecule has 5 nitrogen and oxygen atoms in total. The number of nitrogens with zero attached hydrogens (tertiary/aromatic N) is 1. The molecule has 0 aliphatic heterocycles. The van der Waals surface area contributed by atoms with Gasteiger partial charge < -0.3 is 4.74 Å². The SMILES string of the molecule is CCOC(=O)C=Cc1cccc([N+](=O)[O-])c1. The van der Waals surface area contributed by atoms with E-state index in [9.17, 15) is 14.9 Å². The molecule has 1 rings (SSSR count). The van der Waals surface area contributed by atoms with Crippen molar-refractivity contribution in [1.29, 1.82) is 0 Å². The molecular weight excluding hydrogens is 210 g/mol. The number of nitro groups is 1. The lowest BCUT2D eigenvalue weighted by atomic mass is 10.2. The molecule has 0 heterocycles. The number of rotatable bonds is 4. The van der Waals surface area contributed by atoms with Crippen LogP contribution in [0.1, 0.15) is 12.5 Å². The Morgan fingerprint density at radius 2 is 2.31 bits per heavy atom. The van der Waals surface area contributed by atoms with Crippen LogP contribution in [0.5, 0.6) is 0 Å². The van der Waals surface area contributed by atoms with E-state index < -0.39 is 10.9 Å². The molecule has 0 spiro atoms. The maximum absolute atomic E-state index is 11.0. The van der Waals surface area contributed by atoms with E-state index in [1.165, 1.54) is 24.3 Å². The number of carbonyl (C=O) groups excluding carboxylic acids is 1. The van der Waals surface area contributed by atoms with Crippen molar-refractivity contribution in [2.75, 3.05) is 6.61 Å². The van der Waals surface area contributed by atoms with Gasteiger partial charge in [0.2, 0.25) is 0 Å². The molecule has 0 unspecified atom stereocenters. The fourth-order valence-electron chi connectivity index (χ4n) is 1.10. The fourth-order valence-corrected chi connectivity index (χ4v) is 1.10. The van der Waals surface area contributed by atoms with Crippen LogP contribution < -0.4 is 0 Å². The van der Waals surface area contributed by atoms with Crippen molar-refractivity contribution in [1.82, 2.24) is 0 Å². The summed E-state index contributed by atoms with van der Waals surface area (Å²) in [6.45, 7) is 2.01. The van der Waals surface area contributed by atoms with Crippen LogP contribution in [0.15, 0.2) is 30.3 Å². The molecular formula is C11H11NO4. The fraction of sp³-hybridized carbons (Fsp3) is 0.182. The molecule has 0 atom stereocenters. The standard InChI is InChI=1S/C11H11NO4/c1-2-16-11(13)7-6-9-4-3-5-10(8-9)12(14)15/h3-8H,2H2,1H3. The lowest BCUT2D eigenvalue weighted by molar-refractivity contribution is -0.384. The zero-order chi connectivity index (χ0) is 12.0. The van der Waals surface area contributed by atoms with Gasteiger partial charge in [-0.3, -0.25) is 10.1 Å². The van der Waals surface area contributed by atoms with Gasteiger partial charge in [-0.2, -0.15) is 0 Å². The van der Waals surface area contributed by atoms with Crippen LogP contribution in [0.25, 0.3) is 6.08 Å². The van der Waals surface area contributed by atoms with E-state index in [4.69, 9.17) is 0 Å². The first-order valence-corrected chi connectivity index (χ1v) is 4.72. The van der Waals surface area contributed by atoms with Crippen molar-refractivity contribution >= 4 is 17.7 Å².